The van der Waals surface area contributed by atoms with E-state index in [9.17, 15) is 5.11 Å². The highest BCUT2D eigenvalue weighted by atomic mass is 16.3. The average molecular weight is 154 g/mol. The molecule has 0 fully saturated rings. The van der Waals surface area contributed by atoms with Crippen LogP contribution in [0.5, 0.6) is 0 Å². The SMILES string of the molecule is C#C[C@H](O)C(C(C)C)C(C)C. The summed E-state index contributed by atoms with van der Waals surface area (Å²) in [5.74, 6) is 3.50. The fourth-order valence-electron chi connectivity index (χ4n) is 1.61. The second-order valence-electron chi connectivity index (χ2n) is 3.68. The highest BCUT2D eigenvalue weighted by Gasteiger charge is 2.23. The van der Waals surface area contributed by atoms with Gasteiger partial charge in [0.2, 0.25) is 0 Å². The lowest BCUT2D eigenvalue weighted by atomic mass is 9.81. The molecular formula is C10H18O. The summed E-state index contributed by atoms with van der Waals surface area (Å²) >= 11 is 0. The maximum Gasteiger partial charge on any atom is 0.117 e. The first-order valence-corrected chi connectivity index (χ1v) is 4.14. The molecule has 0 aromatic rings. The molecule has 1 atom stereocenters. The van der Waals surface area contributed by atoms with Gasteiger partial charge in [-0.25, -0.2) is 0 Å². The summed E-state index contributed by atoms with van der Waals surface area (Å²) in [6.07, 6.45) is 4.56. The lowest BCUT2D eigenvalue weighted by Crippen LogP contribution is -2.28. The summed E-state index contributed by atoms with van der Waals surface area (Å²) < 4.78 is 0. The van der Waals surface area contributed by atoms with Gasteiger partial charge in [-0.1, -0.05) is 33.6 Å². The van der Waals surface area contributed by atoms with Crippen LogP contribution in [0.3, 0.4) is 0 Å². The second kappa shape index (κ2) is 4.41. The van der Waals surface area contributed by atoms with Gasteiger partial charge in [0.15, 0.2) is 0 Å². The highest BCUT2D eigenvalue weighted by molar-refractivity contribution is 4.98. The first-order chi connectivity index (χ1) is 5.00. The Labute approximate surface area is 69.8 Å². The normalized spacial score (nSPS) is 14.1. The lowest BCUT2D eigenvalue weighted by molar-refractivity contribution is 0.0972. The average Bonchev–Trinajstić information content (AvgIpc) is 1.85. The Hall–Kier alpha value is -0.480. The summed E-state index contributed by atoms with van der Waals surface area (Å²) in [6, 6.07) is 0. The molecule has 0 unspecified atom stereocenters. The highest BCUT2D eigenvalue weighted by Crippen LogP contribution is 2.23. The quantitative estimate of drug-likeness (QED) is 0.616. The lowest BCUT2D eigenvalue weighted by Gasteiger charge is -2.26. The van der Waals surface area contributed by atoms with Crippen molar-refractivity contribution in [3.05, 3.63) is 0 Å². The number of terminal acetylenes is 1. The van der Waals surface area contributed by atoms with Gasteiger partial charge < -0.3 is 5.11 Å². The third kappa shape index (κ3) is 2.95. The third-order valence-electron chi connectivity index (χ3n) is 2.07. The molecule has 0 amide bonds. The Bertz CT molecular complexity index is 133. The van der Waals surface area contributed by atoms with E-state index in [1.807, 2.05) is 0 Å². The van der Waals surface area contributed by atoms with Crippen LogP contribution in [0.2, 0.25) is 0 Å². The van der Waals surface area contributed by atoms with E-state index in [0.717, 1.165) is 0 Å². The van der Waals surface area contributed by atoms with Crippen LogP contribution in [0.1, 0.15) is 27.7 Å². The van der Waals surface area contributed by atoms with E-state index in [4.69, 9.17) is 6.42 Å². The molecule has 0 heterocycles. The van der Waals surface area contributed by atoms with Crippen molar-refractivity contribution in [3.63, 3.8) is 0 Å². The number of aliphatic hydroxyl groups excluding tert-OH is 1. The molecular weight excluding hydrogens is 136 g/mol. The Morgan fingerprint density at radius 3 is 1.55 bits per heavy atom. The molecule has 0 saturated carbocycles. The van der Waals surface area contributed by atoms with E-state index in [1.165, 1.54) is 0 Å². The minimum atomic E-state index is -0.588. The number of hydrogen-bond acceptors (Lipinski definition) is 1. The van der Waals surface area contributed by atoms with Gasteiger partial charge >= 0.3 is 0 Å². The molecule has 0 saturated heterocycles. The topological polar surface area (TPSA) is 20.2 Å². The summed E-state index contributed by atoms with van der Waals surface area (Å²) in [5, 5.41) is 9.42. The van der Waals surface area contributed by atoms with E-state index in [1.54, 1.807) is 0 Å². The third-order valence-corrected chi connectivity index (χ3v) is 2.07. The van der Waals surface area contributed by atoms with Crippen molar-refractivity contribution in [1.82, 2.24) is 0 Å². The van der Waals surface area contributed by atoms with Crippen molar-refractivity contribution in [3.8, 4) is 12.3 Å². The zero-order valence-corrected chi connectivity index (χ0v) is 7.83. The van der Waals surface area contributed by atoms with Crippen LogP contribution in [0.15, 0.2) is 0 Å². The van der Waals surface area contributed by atoms with Crippen molar-refractivity contribution >= 4 is 0 Å². The van der Waals surface area contributed by atoms with Gasteiger partial charge in [0.1, 0.15) is 6.10 Å². The Kier molecular flexibility index (Phi) is 4.22. The van der Waals surface area contributed by atoms with E-state index >= 15 is 0 Å². The van der Waals surface area contributed by atoms with Gasteiger partial charge in [0, 0.05) is 5.92 Å². The van der Waals surface area contributed by atoms with Gasteiger partial charge in [-0.15, -0.1) is 6.42 Å². The summed E-state index contributed by atoms with van der Waals surface area (Å²) in [6.45, 7) is 8.35. The molecule has 1 heteroatoms. The zero-order valence-electron chi connectivity index (χ0n) is 7.83. The summed E-state index contributed by atoms with van der Waals surface area (Å²) in [7, 11) is 0. The van der Waals surface area contributed by atoms with E-state index < -0.39 is 6.10 Å². The first-order valence-electron chi connectivity index (χ1n) is 4.14. The molecule has 0 rings (SSSR count). The minimum Gasteiger partial charge on any atom is -0.380 e. The van der Waals surface area contributed by atoms with Crippen LogP contribution in [-0.4, -0.2) is 11.2 Å². The Balaban J connectivity index is 4.24. The fraction of sp³-hybridized carbons (Fsp3) is 0.800. The van der Waals surface area contributed by atoms with Crippen LogP contribution in [-0.2, 0) is 0 Å². The molecule has 0 bridgehead atoms. The minimum absolute atomic E-state index is 0.222. The van der Waals surface area contributed by atoms with Crippen LogP contribution >= 0.6 is 0 Å². The molecule has 64 valence electrons. The second-order valence-corrected chi connectivity index (χ2v) is 3.68. The van der Waals surface area contributed by atoms with Crippen molar-refractivity contribution in [2.75, 3.05) is 0 Å². The van der Waals surface area contributed by atoms with Crippen molar-refractivity contribution in [1.29, 1.82) is 0 Å². The largest absolute Gasteiger partial charge is 0.380 e. The van der Waals surface area contributed by atoms with Gasteiger partial charge in [0.05, 0.1) is 0 Å². The van der Waals surface area contributed by atoms with Gasteiger partial charge in [-0.05, 0) is 11.8 Å². The molecule has 0 spiro atoms. The van der Waals surface area contributed by atoms with Crippen molar-refractivity contribution in [2.24, 2.45) is 17.8 Å². The summed E-state index contributed by atoms with van der Waals surface area (Å²) in [5.41, 5.74) is 0. The van der Waals surface area contributed by atoms with Gasteiger partial charge in [-0.3, -0.25) is 0 Å². The monoisotopic (exact) mass is 154 g/mol. The Morgan fingerprint density at radius 2 is 1.45 bits per heavy atom. The molecule has 0 aliphatic carbocycles. The van der Waals surface area contributed by atoms with E-state index in [-0.39, 0.29) is 5.92 Å². The van der Waals surface area contributed by atoms with E-state index in [0.29, 0.717) is 11.8 Å². The Morgan fingerprint density at radius 1 is 1.09 bits per heavy atom. The molecule has 0 aliphatic heterocycles. The number of aliphatic hydroxyl groups is 1. The van der Waals surface area contributed by atoms with Crippen LogP contribution in [0, 0.1) is 30.1 Å². The molecule has 1 N–H and O–H groups in total. The van der Waals surface area contributed by atoms with Crippen LogP contribution < -0.4 is 0 Å². The molecule has 11 heavy (non-hydrogen) atoms. The standard InChI is InChI=1S/C10H18O/c1-6-9(11)10(7(2)3)8(4)5/h1,7-11H,2-5H3/t9-/m0/s1. The smallest absolute Gasteiger partial charge is 0.117 e. The van der Waals surface area contributed by atoms with E-state index in [2.05, 4.69) is 33.6 Å². The van der Waals surface area contributed by atoms with Crippen molar-refractivity contribution < 1.29 is 5.11 Å². The fourth-order valence-corrected chi connectivity index (χ4v) is 1.61. The number of rotatable bonds is 3. The van der Waals surface area contributed by atoms with Crippen molar-refractivity contribution in [2.45, 2.75) is 33.8 Å². The van der Waals surface area contributed by atoms with Crippen LogP contribution in [0.25, 0.3) is 0 Å². The van der Waals surface area contributed by atoms with Crippen LogP contribution in [0.4, 0.5) is 0 Å². The van der Waals surface area contributed by atoms with Gasteiger partial charge in [-0.2, -0.15) is 0 Å². The molecule has 1 nitrogen and oxygen atoms in total. The predicted molar refractivity (Wildman–Crippen MR) is 48.0 cm³/mol. The summed E-state index contributed by atoms with van der Waals surface area (Å²) in [4.78, 5) is 0. The maximum atomic E-state index is 9.42. The zero-order chi connectivity index (χ0) is 9.02. The molecule has 0 aromatic carbocycles. The molecule has 0 aliphatic rings. The maximum absolute atomic E-state index is 9.42. The predicted octanol–water partition coefficient (Wildman–Crippen LogP) is 1.91. The first kappa shape index (κ1) is 10.5. The number of hydrogen-bond donors (Lipinski definition) is 1. The molecule has 0 radical (unpaired) electrons. The van der Waals surface area contributed by atoms with Gasteiger partial charge in [0.25, 0.3) is 0 Å². The molecule has 0 aromatic heterocycles.